The van der Waals surface area contributed by atoms with Gasteiger partial charge in [-0.15, -0.1) is 0 Å². The molecule has 0 radical (unpaired) electrons. The molecular formula is C58H62BN3O. The van der Waals surface area contributed by atoms with Crippen LogP contribution in [0, 0.1) is 13.8 Å². The number of benzene rings is 6. The second-order valence-electron chi connectivity index (χ2n) is 22.6. The van der Waals surface area contributed by atoms with Crippen molar-refractivity contribution >= 4 is 79.4 Å². The highest BCUT2D eigenvalue weighted by molar-refractivity contribution is 7.00. The van der Waals surface area contributed by atoms with Crippen LogP contribution in [0.5, 0.6) is 0 Å². The zero-order valence-electron chi connectivity index (χ0n) is 39.9. The first-order chi connectivity index (χ1) is 29.6. The van der Waals surface area contributed by atoms with Gasteiger partial charge in [0.1, 0.15) is 11.2 Å². The molecule has 0 bridgehead atoms. The summed E-state index contributed by atoms with van der Waals surface area (Å²) in [5.41, 5.74) is 21.3. The minimum atomic E-state index is -0.215. The van der Waals surface area contributed by atoms with Gasteiger partial charge in [-0.1, -0.05) is 137 Å². The lowest BCUT2D eigenvalue weighted by molar-refractivity contribution is 0.590. The van der Waals surface area contributed by atoms with Crippen LogP contribution in [0.25, 0.3) is 27.6 Å². The molecule has 0 amide bonds. The van der Waals surface area contributed by atoms with Gasteiger partial charge in [0.05, 0.1) is 16.9 Å². The Kier molecular flexibility index (Phi) is 8.99. The van der Waals surface area contributed by atoms with Gasteiger partial charge in [0.2, 0.25) is 0 Å². The summed E-state index contributed by atoms with van der Waals surface area (Å²) in [6.07, 6.45) is 0. The van der Waals surface area contributed by atoms with E-state index in [-0.39, 0.29) is 28.4 Å². The van der Waals surface area contributed by atoms with Crippen LogP contribution >= 0.6 is 0 Å². The summed E-state index contributed by atoms with van der Waals surface area (Å²) in [5, 5.41) is 2.38. The van der Waals surface area contributed by atoms with Gasteiger partial charge in [0, 0.05) is 44.8 Å². The van der Waals surface area contributed by atoms with Crippen LogP contribution in [-0.4, -0.2) is 11.3 Å². The van der Waals surface area contributed by atoms with E-state index in [9.17, 15) is 0 Å². The molecule has 2 aromatic heterocycles. The van der Waals surface area contributed by atoms with Crippen molar-refractivity contribution in [2.45, 2.75) is 119 Å². The van der Waals surface area contributed by atoms with E-state index < -0.39 is 0 Å². The summed E-state index contributed by atoms with van der Waals surface area (Å²) in [7, 11) is 0. The Hall–Kier alpha value is -5.94. The lowest BCUT2D eigenvalue weighted by atomic mass is 9.37. The minimum Gasteiger partial charge on any atom is -0.468 e. The number of aryl methyl sites for hydroxylation is 2. The molecule has 10 rings (SSSR count). The molecule has 0 N–H and O–H groups in total. The predicted molar refractivity (Wildman–Crippen MR) is 271 cm³/mol. The number of hydrogen-bond donors (Lipinski definition) is 0. The summed E-state index contributed by atoms with van der Waals surface area (Å²) >= 11 is 0. The molecule has 0 saturated heterocycles. The van der Waals surface area contributed by atoms with Crippen LogP contribution in [0.1, 0.15) is 116 Å². The first kappa shape index (κ1) is 41.1. The van der Waals surface area contributed by atoms with Crippen molar-refractivity contribution in [3.8, 4) is 5.69 Å². The second kappa shape index (κ2) is 13.8. The number of furan rings is 1. The zero-order chi connectivity index (χ0) is 44.7. The average Bonchev–Trinajstić information content (AvgIpc) is 3.75. The third kappa shape index (κ3) is 6.56. The van der Waals surface area contributed by atoms with E-state index in [1.54, 1.807) is 0 Å². The third-order valence-corrected chi connectivity index (χ3v) is 13.7. The van der Waals surface area contributed by atoms with Crippen molar-refractivity contribution in [2.75, 3.05) is 9.80 Å². The van der Waals surface area contributed by atoms with Crippen LogP contribution in [0.3, 0.4) is 0 Å². The number of hydrogen-bond acceptors (Lipinski definition) is 3. The standard InChI is InChI=1S/C58H62BN3O/c1-35-15-23-43(24-16-35)62-46-29-21-39(57(9,10)11)33-44(46)51-53(62)59-50-47(60(51)41-25-17-37(18-26-41)55(3,4)5)31-36(2)32-48(50)61(42-27-19-38(20-28-42)56(6,7)8)52-45-34-40(58(12,13)14)22-30-49(45)63-54(52)59/h15-34H,1-14H3. The molecule has 6 aromatic carbocycles. The summed E-state index contributed by atoms with van der Waals surface area (Å²) < 4.78 is 9.98. The molecule has 63 heavy (non-hydrogen) atoms. The van der Waals surface area contributed by atoms with Crippen molar-refractivity contribution in [1.29, 1.82) is 0 Å². The minimum absolute atomic E-state index is 0.0237. The van der Waals surface area contributed by atoms with Crippen molar-refractivity contribution in [2.24, 2.45) is 0 Å². The first-order valence-corrected chi connectivity index (χ1v) is 22.9. The molecule has 4 heterocycles. The number of rotatable bonds is 3. The normalized spacial score (nSPS) is 14.1. The SMILES string of the molecule is Cc1ccc(-n2c3c(c4cc(C(C)(C)C)ccc42)N(c2ccc(C(C)(C)C)cc2)c2cc(C)cc4c2B3c2oc3ccc(C(C)(C)C)cc3c2N4c2ccc(C(C)(C)C)cc2)cc1. The van der Waals surface area contributed by atoms with Gasteiger partial charge in [-0.2, -0.15) is 0 Å². The van der Waals surface area contributed by atoms with Crippen LogP contribution in [0.15, 0.2) is 126 Å². The van der Waals surface area contributed by atoms with E-state index in [2.05, 4.69) is 233 Å². The zero-order valence-corrected chi connectivity index (χ0v) is 39.9. The van der Waals surface area contributed by atoms with Gasteiger partial charge in [0.25, 0.3) is 0 Å². The molecule has 8 aromatic rings. The van der Waals surface area contributed by atoms with Crippen LogP contribution in [-0.2, 0) is 21.7 Å². The molecule has 4 nitrogen and oxygen atoms in total. The Labute approximate surface area is 375 Å². The van der Waals surface area contributed by atoms with Gasteiger partial charge >= 0.3 is 6.71 Å². The fourth-order valence-electron chi connectivity index (χ4n) is 10.0. The first-order valence-electron chi connectivity index (χ1n) is 22.9. The maximum absolute atomic E-state index is 7.43. The molecule has 5 heteroatoms. The van der Waals surface area contributed by atoms with Gasteiger partial charge in [-0.25, -0.2) is 0 Å². The summed E-state index contributed by atoms with van der Waals surface area (Å²) in [6, 6.07) is 46.6. The molecule has 0 aliphatic carbocycles. The summed E-state index contributed by atoms with van der Waals surface area (Å²) in [6.45, 7) is 31.8. The van der Waals surface area contributed by atoms with Gasteiger partial charge in [-0.3, -0.25) is 0 Å². The molecule has 2 aliphatic heterocycles. The average molecular weight is 828 g/mol. The number of aromatic nitrogens is 1. The molecule has 0 saturated carbocycles. The van der Waals surface area contributed by atoms with Crippen molar-refractivity contribution in [3.63, 3.8) is 0 Å². The van der Waals surface area contributed by atoms with E-state index in [1.165, 1.54) is 72.4 Å². The van der Waals surface area contributed by atoms with E-state index in [0.29, 0.717) is 0 Å². The number of anilines is 6. The van der Waals surface area contributed by atoms with E-state index in [4.69, 9.17) is 4.42 Å². The van der Waals surface area contributed by atoms with Crippen molar-refractivity contribution in [1.82, 2.24) is 4.57 Å². The summed E-state index contributed by atoms with van der Waals surface area (Å²) in [5.74, 6) is 0. The highest BCUT2D eigenvalue weighted by Gasteiger charge is 2.50. The van der Waals surface area contributed by atoms with Crippen LogP contribution < -0.4 is 26.5 Å². The summed E-state index contributed by atoms with van der Waals surface area (Å²) in [4.78, 5) is 5.10. The predicted octanol–water partition coefficient (Wildman–Crippen LogP) is 14.3. The fraction of sp³-hybridized carbons (Fsp3) is 0.310. The lowest BCUT2D eigenvalue weighted by Gasteiger charge is -2.42. The highest BCUT2D eigenvalue weighted by atomic mass is 16.3. The second-order valence-corrected chi connectivity index (χ2v) is 22.6. The van der Waals surface area contributed by atoms with Gasteiger partial charge < -0.3 is 18.8 Å². The lowest BCUT2D eigenvalue weighted by Crippen LogP contribution is -2.62. The van der Waals surface area contributed by atoms with Crippen molar-refractivity contribution in [3.05, 3.63) is 155 Å². The Morgan fingerprint density at radius 1 is 0.429 bits per heavy atom. The van der Waals surface area contributed by atoms with Gasteiger partial charge in [-0.05, 0) is 142 Å². The fourth-order valence-corrected chi connectivity index (χ4v) is 10.0. The molecule has 318 valence electrons. The number of nitrogens with zero attached hydrogens (tertiary/aromatic N) is 3. The molecule has 2 aliphatic rings. The molecule has 0 spiro atoms. The smallest absolute Gasteiger partial charge is 0.318 e. The van der Waals surface area contributed by atoms with E-state index >= 15 is 0 Å². The maximum atomic E-state index is 7.43. The molecule has 0 atom stereocenters. The Bertz CT molecular complexity index is 3080. The van der Waals surface area contributed by atoms with Crippen LogP contribution in [0.2, 0.25) is 0 Å². The van der Waals surface area contributed by atoms with Crippen LogP contribution in [0.4, 0.5) is 34.1 Å². The molecule has 0 unspecified atom stereocenters. The number of fused-ring (bicyclic) bond motifs is 8. The molecular weight excluding hydrogens is 765 g/mol. The quantitative estimate of drug-likeness (QED) is 0.166. The van der Waals surface area contributed by atoms with E-state index in [1.807, 2.05) is 0 Å². The van der Waals surface area contributed by atoms with Crippen molar-refractivity contribution < 1.29 is 4.42 Å². The Balaban J connectivity index is 1.39. The molecule has 0 fully saturated rings. The third-order valence-electron chi connectivity index (χ3n) is 13.7. The maximum Gasteiger partial charge on any atom is 0.318 e. The topological polar surface area (TPSA) is 24.6 Å². The van der Waals surface area contributed by atoms with E-state index in [0.717, 1.165) is 39.4 Å². The highest BCUT2D eigenvalue weighted by Crippen LogP contribution is 2.50. The Morgan fingerprint density at radius 2 is 0.873 bits per heavy atom. The largest absolute Gasteiger partial charge is 0.468 e. The monoisotopic (exact) mass is 827 g/mol. The Morgan fingerprint density at radius 3 is 1.38 bits per heavy atom. The van der Waals surface area contributed by atoms with Gasteiger partial charge in [0.15, 0.2) is 0 Å².